The Labute approximate surface area is 218 Å². The van der Waals surface area contributed by atoms with E-state index in [1.54, 1.807) is 24.3 Å². The third-order valence-electron chi connectivity index (χ3n) is 4.90. The molecule has 1 saturated heterocycles. The molecule has 0 unspecified atom stereocenters. The van der Waals surface area contributed by atoms with Gasteiger partial charge in [-0.15, -0.1) is 0 Å². The lowest BCUT2D eigenvalue weighted by Gasteiger charge is -2.12. The molecule has 0 spiro atoms. The summed E-state index contributed by atoms with van der Waals surface area (Å²) in [4.78, 5) is 26.8. The van der Waals surface area contributed by atoms with Crippen LogP contribution in [0.1, 0.15) is 16.7 Å². The topological polar surface area (TPSA) is 80.8 Å². The Balaban J connectivity index is 1.62. The van der Waals surface area contributed by atoms with Crippen LogP contribution < -0.4 is 4.18 Å². The van der Waals surface area contributed by atoms with Gasteiger partial charge in [-0.1, -0.05) is 61.7 Å². The normalized spacial score (nSPS) is 15.3. The molecule has 0 atom stereocenters. The zero-order valence-electron chi connectivity index (χ0n) is 17.7. The highest BCUT2D eigenvalue weighted by atomic mass is 79.9. The highest BCUT2D eigenvalue weighted by molar-refractivity contribution is 9.10. The van der Waals surface area contributed by atoms with E-state index in [9.17, 15) is 18.0 Å². The molecule has 0 radical (unpaired) electrons. The van der Waals surface area contributed by atoms with Crippen LogP contribution in [0.15, 0.2) is 85.5 Å². The maximum Gasteiger partial charge on any atom is 0.339 e. The number of nitrogens with zero attached hydrogens (tertiary/aromatic N) is 1. The van der Waals surface area contributed by atoms with Crippen molar-refractivity contribution in [3.05, 3.63) is 97.3 Å². The second-order valence-corrected chi connectivity index (χ2v) is 11.8. The van der Waals surface area contributed by atoms with E-state index in [2.05, 4.69) is 31.9 Å². The summed E-state index contributed by atoms with van der Waals surface area (Å²) in [6, 6.07) is 18.4. The molecule has 3 aromatic rings. The predicted octanol–water partition coefficient (Wildman–Crippen LogP) is 6.52. The number of halogens is 2. The second-order valence-electron chi connectivity index (χ2n) is 7.43. The van der Waals surface area contributed by atoms with Crippen LogP contribution in [0.25, 0.3) is 6.08 Å². The summed E-state index contributed by atoms with van der Waals surface area (Å²) in [5.41, 5.74) is 2.07. The first-order chi connectivity index (χ1) is 16.1. The van der Waals surface area contributed by atoms with Gasteiger partial charge >= 0.3 is 10.1 Å². The summed E-state index contributed by atoms with van der Waals surface area (Å²) >= 11 is 7.52. The van der Waals surface area contributed by atoms with Crippen LogP contribution in [0.4, 0.5) is 4.79 Å². The Hall–Kier alpha value is -2.40. The van der Waals surface area contributed by atoms with Gasteiger partial charge in [-0.25, -0.2) is 0 Å². The number of benzene rings is 3. The Morgan fingerprint density at radius 2 is 1.59 bits per heavy atom. The Morgan fingerprint density at radius 1 is 0.941 bits per heavy atom. The van der Waals surface area contributed by atoms with Crippen molar-refractivity contribution in [2.24, 2.45) is 0 Å². The molecule has 10 heteroatoms. The van der Waals surface area contributed by atoms with Gasteiger partial charge in [-0.3, -0.25) is 14.5 Å². The quantitative estimate of drug-likeness (QED) is 0.230. The Morgan fingerprint density at radius 3 is 2.26 bits per heavy atom. The average Bonchev–Trinajstić information content (AvgIpc) is 3.04. The number of imide groups is 1. The third kappa shape index (κ3) is 5.63. The van der Waals surface area contributed by atoms with Crippen molar-refractivity contribution in [1.29, 1.82) is 0 Å². The van der Waals surface area contributed by atoms with Crippen molar-refractivity contribution >= 4 is 71.0 Å². The van der Waals surface area contributed by atoms with Crippen molar-refractivity contribution in [1.82, 2.24) is 4.90 Å². The van der Waals surface area contributed by atoms with E-state index in [1.165, 1.54) is 24.3 Å². The summed E-state index contributed by atoms with van der Waals surface area (Å²) in [7, 11) is -4.10. The van der Waals surface area contributed by atoms with Gasteiger partial charge in [0.05, 0.1) is 11.4 Å². The SMILES string of the molecule is Cc1ccc(S(=O)(=O)Oc2ccc(Br)cc2/C=C2\SC(=O)N(Cc3ccc(Br)cc3)C2=O)cc1. The van der Waals surface area contributed by atoms with Crippen LogP contribution in [0.3, 0.4) is 0 Å². The van der Waals surface area contributed by atoms with Crippen LogP contribution in [0.2, 0.25) is 0 Å². The van der Waals surface area contributed by atoms with Gasteiger partial charge in [0.2, 0.25) is 0 Å². The lowest BCUT2D eigenvalue weighted by molar-refractivity contribution is -0.123. The molecular formula is C24H17Br2NO5S2. The number of rotatable bonds is 6. The van der Waals surface area contributed by atoms with E-state index in [-0.39, 0.29) is 22.1 Å². The summed E-state index contributed by atoms with van der Waals surface area (Å²) in [5.74, 6) is -0.409. The van der Waals surface area contributed by atoms with Crippen LogP contribution in [-0.2, 0) is 21.5 Å². The lowest BCUT2D eigenvalue weighted by atomic mass is 10.2. The van der Waals surface area contributed by atoms with Crippen molar-refractivity contribution < 1.29 is 22.2 Å². The largest absolute Gasteiger partial charge is 0.378 e. The number of hydrogen-bond donors (Lipinski definition) is 0. The van der Waals surface area contributed by atoms with Crippen LogP contribution in [-0.4, -0.2) is 24.5 Å². The first-order valence-corrected chi connectivity index (χ1v) is 13.7. The number of aryl methyl sites for hydroxylation is 1. The monoisotopic (exact) mass is 621 g/mol. The molecule has 0 N–H and O–H groups in total. The predicted molar refractivity (Wildman–Crippen MR) is 139 cm³/mol. The maximum absolute atomic E-state index is 13.0. The van der Waals surface area contributed by atoms with Crippen LogP contribution in [0, 0.1) is 6.92 Å². The molecule has 0 aliphatic carbocycles. The number of carbonyl (C=O) groups excluding carboxylic acids is 2. The van der Waals surface area contributed by atoms with Crippen molar-refractivity contribution in [2.45, 2.75) is 18.4 Å². The zero-order chi connectivity index (χ0) is 24.5. The zero-order valence-corrected chi connectivity index (χ0v) is 22.5. The van der Waals surface area contributed by atoms with Crippen LogP contribution >= 0.6 is 43.6 Å². The number of thioether (sulfide) groups is 1. The first kappa shape index (κ1) is 24.7. The van der Waals surface area contributed by atoms with Gasteiger partial charge in [0, 0.05) is 14.5 Å². The smallest absolute Gasteiger partial charge is 0.339 e. The minimum Gasteiger partial charge on any atom is -0.378 e. The molecule has 3 aromatic carbocycles. The molecular weight excluding hydrogens is 606 g/mol. The Kier molecular flexibility index (Phi) is 7.32. The number of amides is 2. The minimum absolute atomic E-state index is 0.0155. The molecule has 34 heavy (non-hydrogen) atoms. The molecule has 0 saturated carbocycles. The number of carbonyl (C=O) groups is 2. The molecule has 1 fully saturated rings. The molecule has 0 bridgehead atoms. The molecule has 6 nitrogen and oxygen atoms in total. The second kappa shape index (κ2) is 10.1. The summed E-state index contributed by atoms with van der Waals surface area (Å²) in [6.45, 7) is 1.99. The van der Waals surface area contributed by atoms with Crippen molar-refractivity contribution in [2.75, 3.05) is 0 Å². The molecule has 2 amide bonds. The average molecular weight is 623 g/mol. The summed E-state index contributed by atoms with van der Waals surface area (Å²) < 4.78 is 32.5. The standard InChI is InChI=1S/C24H17Br2NO5S2/c1-15-2-9-20(10-3-15)34(30,31)32-21-11-8-19(26)12-17(21)13-22-23(28)27(24(29)33-22)14-16-4-6-18(25)7-5-16/h2-13H,14H2,1H3/b22-13-. The molecule has 1 heterocycles. The van der Waals surface area contributed by atoms with Gasteiger partial charge < -0.3 is 4.18 Å². The molecule has 4 rings (SSSR count). The van der Waals surface area contributed by atoms with E-state index >= 15 is 0 Å². The lowest BCUT2D eigenvalue weighted by Crippen LogP contribution is -2.27. The van der Waals surface area contributed by atoms with Gasteiger partial charge in [0.1, 0.15) is 10.6 Å². The fourth-order valence-electron chi connectivity index (χ4n) is 3.13. The summed E-state index contributed by atoms with van der Waals surface area (Å²) in [5, 5.41) is -0.399. The number of hydrogen-bond acceptors (Lipinski definition) is 6. The molecule has 1 aliphatic heterocycles. The molecule has 174 valence electrons. The van der Waals surface area contributed by atoms with Crippen molar-refractivity contribution in [3.8, 4) is 5.75 Å². The Bertz CT molecular complexity index is 1400. The summed E-state index contributed by atoms with van der Waals surface area (Å²) in [6.07, 6.45) is 1.47. The first-order valence-electron chi connectivity index (χ1n) is 9.93. The van der Waals surface area contributed by atoms with E-state index in [1.807, 2.05) is 31.2 Å². The van der Waals surface area contributed by atoms with Gasteiger partial charge in [-0.2, -0.15) is 8.42 Å². The van der Waals surface area contributed by atoms with E-state index < -0.39 is 21.3 Å². The molecule has 1 aliphatic rings. The van der Waals surface area contributed by atoms with E-state index in [0.29, 0.717) is 10.0 Å². The maximum atomic E-state index is 13.0. The highest BCUT2D eigenvalue weighted by Gasteiger charge is 2.35. The van der Waals surface area contributed by atoms with Crippen molar-refractivity contribution in [3.63, 3.8) is 0 Å². The van der Waals surface area contributed by atoms with Gasteiger partial charge in [0.15, 0.2) is 0 Å². The van der Waals surface area contributed by atoms with Gasteiger partial charge in [-0.05, 0) is 72.8 Å². The van der Waals surface area contributed by atoms with E-state index in [0.717, 1.165) is 32.3 Å². The van der Waals surface area contributed by atoms with E-state index in [4.69, 9.17) is 4.18 Å². The highest BCUT2D eigenvalue weighted by Crippen LogP contribution is 2.36. The minimum atomic E-state index is -4.10. The fourth-order valence-corrected chi connectivity index (χ4v) is 5.56. The molecule has 0 aromatic heterocycles. The van der Waals surface area contributed by atoms with Crippen LogP contribution in [0.5, 0.6) is 5.75 Å². The third-order valence-corrected chi connectivity index (χ3v) is 8.07. The van der Waals surface area contributed by atoms with Gasteiger partial charge in [0.25, 0.3) is 11.1 Å². The fraction of sp³-hybridized carbons (Fsp3) is 0.0833.